The maximum Gasteiger partial charge on any atom is 0.192 e. The van der Waals surface area contributed by atoms with E-state index in [0.29, 0.717) is 5.75 Å². The number of hydrogen-bond donors (Lipinski definition) is 0. The van der Waals surface area contributed by atoms with E-state index in [-0.39, 0.29) is 0 Å². The minimum Gasteiger partial charge on any atom is -0.497 e. The third-order valence-corrected chi connectivity index (χ3v) is 3.34. The molecule has 0 aliphatic carbocycles. The van der Waals surface area contributed by atoms with E-state index in [1.54, 1.807) is 7.11 Å². The van der Waals surface area contributed by atoms with Gasteiger partial charge in [0.25, 0.3) is 0 Å². The van der Waals surface area contributed by atoms with Crippen LogP contribution in [0.1, 0.15) is 0 Å². The lowest BCUT2D eigenvalue weighted by Gasteiger charge is -2.04. The van der Waals surface area contributed by atoms with Crippen LogP contribution in [0.25, 0.3) is 11.4 Å². The molecule has 18 heavy (non-hydrogen) atoms. The number of aromatic nitrogens is 3. The summed E-state index contributed by atoms with van der Waals surface area (Å²) in [5, 5.41) is 17.5. The lowest BCUT2D eigenvalue weighted by Crippen LogP contribution is -1.95. The van der Waals surface area contributed by atoms with E-state index in [4.69, 9.17) is 10.00 Å². The van der Waals surface area contributed by atoms with Crippen LogP contribution in [0, 0.1) is 11.3 Å². The van der Waals surface area contributed by atoms with Gasteiger partial charge in [0, 0.05) is 12.6 Å². The minimum absolute atomic E-state index is 0.370. The Labute approximate surface area is 109 Å². The predicted molar refractivity (Wildman–Crippen MR) is 69.3 cm³/mol. The Hall–Kier alpha value is -2.00. The summed E-state index contributed by atoms with van der Waals surface area (Å²) < 4.78 is 6.99. The van der Waals surface area contributed by atoms with Crippen molar-refractivity contribution in [3.05, 3.63) is 24.3 Å². The molecule has 0 radical (unpaired) electrons. The minimum atomic E-state index is 0.370. The highest BCUT2D eigenvalue weighted by Crippen LogP contribution is 2.23. The normalized spacial score (nSPS) is 10.1. The summed E-state index contributed by atoms with van der Waals surface area (Å²) in [6.45, 7) is 0. The molecule has 0 aliphatic rings. The van der Waals surface area contributed by atoms with Crippen molar-refractivity contribution in [1.29, 1.82) is 5.26 Å². The average Bonchev–Trinajstić information content (AvgIpc) is 2.78. The standard InChI is InChI=1S/C12H12N4OS/c1-16-11(14-15-12(16)18-8-7-13)9-3-5-10(17-2)6-4-9/h3-6H,8H2,1-2H3. The van der Waals surface area contributed by atoms with Crippen LogP contribution in [0.4, 0.5) is 0 Å². The van der Waals surface area contributed by atoms with Gasteiger partial charge in [-0.3, -0.25) is 0 Å². The molecule has 0 spiro atoms. The molecule has 6 heteroatoms. The number of thioether (sulfide) groups is 1. The first-order chi connectivity index (χ1) is 8.76. The molecule has 1 aromatic carbocycles. The van der Waals surface area contributed by atoms with E-state index in [9.17, 15) is 0 Å². The number of methoxy groups -OCH3 is 1. The van der Waals surface area contributed by atoms with Crippen LogP contribution in [0.3, 0.4) is 0 Å². The van der Waals surface area contributed by atoms with Gasteiger partial charge in [-0.05, 0) is 24.3 Å². The fourth-order valence-corrected chi connectivity index (χ4v) is 2.10. The van der Waals surface area contributed by atoms with Crippen LogP contribution >= 0.6 is 11.8 Å². The number of ether oxygens (including phenoxy) is 1. The summed E-state index contributed by atoms with van der Waals surface area (Å²) in [7, 11) is 3.52. The molecule has 0 fully saturated rings. The lowest BCUT2D eigenvalue weighted by atomic mass is 10.2. The van der Waals surface area contributed by atoms with Gasteiger partial charge in [-0.2, -0.15) is 5.26 Å². The summed E-state index contributed by atoms with van der Waals surface area (Å²) in [6.07, 6.45) is 0. The molecule has 5 nitrogen and oxygen atoms in total. The van der Waals surface area contributed by atoms with Crippen LogP contribution in [-0.2, 0) is 7.05 Å². The van der Waals surface area contributed by atoms with E-state index in [1.165, 1.54) is 11.8 Å². The molecule has 0 saturated carbocycles. The molecule has 0 aliphatic heterocycles. The Bertz CT molecular complexity index is 571. The van der Waals surface area contributed by atoms with Gasteiger partial charge in [0.2, 0.25) is 0 Å². The third kappa shape index (κ3) is 2.46. The van der Waals surface area contributed by atoms with Crippen molar-refractivity contribution in [1.82, 2.24) is 14.8 Å². The van der Waals surface area contributed by atoms with E-state index >= 15 is 0 Å². The van der Waals surface area contributed by atoms with Crippen molar-refractivity contribution in [2.75, 3.05) is 12.9 Å². The highest BCUT2D eigenvalue weighted by atomic mass is 32.2. The first-order valence-corrected chi connectivity index (χ1v) is 6.28. The zero-order valence-corrected chi connectivity index (χ0v) is 10.9. The van der Waals surface area contributed by atoms with Crippen molar-refractivity contribution < 1.29 is 4.74 Å². The highest BCUT2D eigenvalue weighted by Gasteiger charge is 2.10. The van der Waals surface area contributed by atoms with E-state index in [1.807, 2.05) is 35.9 Å². The topological polar surface area (TPSA) is 63.7 Å². The molecule has 92 valence electrons. The first-order valence-electron chi connectivity index (χ1n) is 5.30. The van der Waals surface area contributed by atoms with Crippen LogP contribution in [0.2, 0.25) is 0 Å². The lowest BCUT2D eigenvalue weighted by molar-refractivity contribution is 0.415. The average molecular weight is 260 g/mol. The molecule has 1 aromatic heterocycles. The van der Waals surface area contributed by atoms with Crippen molar-refractivity contribution in [3.8, 4) is 23.2 Å². The van der Waals surface area contributed by atoms with E-state index in [2.05, 4.69) is 16.3 Å². The fraction of sp³-hybridized carbons (Fsp3) is 0.250. The number of nitrogens with zero attached hydrogens (tertiary/aromatic N) is 4. The molecular weight excluding hydrogens is 248 g/mol. The van der Waals surface area contributed by atoms with Gasteiger partial charge in [-0.1, -0.05) is 11.8 Å². The van der Waals surface area contributed by atoms with E-state index in [0.717, 1.165) is 22.3 Å². The molecule has 0 amide bonds. The molecular formula is C12H12N4OS. The quantitative estimate of drug-likeness (QED) is 0.788. The number of nitriles is 1. The highest BCUT2D eigenvalue weighted by molar-refractivity contribution is 7.99. The summed E-state index contributed by atoms with van der Waals surface area (Å²) in [5.41, 5.74) is 0.967. The smallest absolute Gasteiger partial charge is 0.192 e. The zero-order chi connectivity index (χ0) is 13.0. The monoisotopic (exact) mass is 260 g/mol. The zero-order valence-electron chi connectivity index (χ0n) is 10.1. The van der Waals surface area contributed by atoms with Gasteiger partial charge < -0.3 is 9.30 Å². The van der Waals surface area contributed by atoms with Crippen molar-refractivity contribution in [2.24, 2.45) is 7.05 Å². The second-order valence-corrected chi connectivity index (χ2v) is 4.48. The van der Waals surface area contributed by atoms with Crippen molar-refractivity contribution in [3.63, 3.8) is 0 Å². The predicted octanol–water partition coefficient (Wildman–Crippen LogP) is 2.11. The third-order valence-electron chi connectivity index (χ3n) is 2.45. The Morgan fingerprint density at radius 2 is 2.06 bits per heavy atom. The maximum atomic E-state index is 8.56. The van der Waals surface area contributed by atoms with Crippen LogP contribution in [0.5, 0.6) is 5.75 Å². The van der Waals surface area contributed by atoms with Gasteiger partial charge in [0.1, 0.15) is 5.75 Å². The van der Waals surface area contributed by atoms with Crippen LogP contribution in [-0.4, -0.2) is 27.6 Å². The summed E-state index contributed by atoms with van der Waals surface area (Å²) in [4.78, 5) is 0. The fourth-order valence-electron chi connectivity index (χ4n) is 1.53. The summed E-state index contributed by atoms with van der Waals surface area (Å²) in [6, 6.07) is 9.70. The number of rotatable bonds is 4. The van der Waals surface area contributed by atoms with Gasteiger partial charge in [-0.15, -0.1) is 10.2 Å². The molecule has 0 unspecified atom stereocenters. The molecule has 0 atom stereocenters. The number of hydrogen-bond acceptors (Lipinski definition) is 5. The van der Waals surface area contributed by atoms with E-state index < -0.39 is 0 Å². The molecule has 2 rings (SSSR count). The van der Waals surface area contributed by atoms with Crippen LogP contribution in [0.15, 0.2) is 29.4 Å². The van der Waals surface area contributed by atoms with Gasteiger partial charge in [-0.25, -0.2) is 0 Å². The Morgan fingerprint density at radius 3 is 2.67 bits per heavy atom. The molecule has 0 saturated heterocycles. The summed E-state index contributed by atoms with van der Waals surface area (Å²) >= 11 is 1.37. The molecule has 0 N–H and O–H groups in total. The first kappa shape index (κ1) is 12.5. The van der Waals surface area contributed by atoms with Gasteiger partial charge in [0.05, 0.1) is 18.9 Å². The van der Waals surface area contributed by atoms with Gasteiger partial charge in [0.15, 0.2) is 11.0 Å². The molecule has 0 bridgehead atoms. The SMILES string of the molecule is COc1ccc(-c2nnc(SCC#N)n2C)cc1. The summed E-state index contributed by atoms with van der Waals surface area (Å²) in [5.74, 6) is 1.95. The van der Waals surface area contributed by atoms with Gasteiger partial charge >= 0.3 is 0 Å². The Kier molecular flexibility index (Phi) is 3.85. The largest absolute Gasteiger partial charge is 0.497 e. The Balaban J connectivity index is 2.27. The van der Waals surface area contributed by atoms with Crippen molar-refractivity contribution in [2.45, 2.75) is 5.16 Å². The number of benzene rings is 1. The molecule has 1 heterocycles. The second kappa shape index (κ2) is 5.56. The maximum absolute atomic E-state index is 8.56. The van der Waals surface area contributed by atoms with Crippen molar-refractivity contribution >= 4 is 11.8 Å². The molecule has 2 aromatic rings. The Morgan fingerprint density at radius 1 is 1.33 bits per heavy atom. The second-order valence-electron chi connectivity index (χ2n) is 3.54. The van der Waals surface area contributed by atoms with Crippen LogP contribution < -0.4 is 4.74 Å².